The molecule has 0 aliphatic carbocycles. The van der Waals surface area contributed by atoms with Crippen LogP contribution in [0.1, 0.15) is 41.0 Å². The van der Waals surface area contributed by atoms with Crippen molar-refractivity contribution in [2.75, 3.05) is 13.2 Å². The van der Waals surface area contributed by atoms with Crippen LogP contribution in [0.2, 0.25) is 0 Å². The van der Waals surface area contributed by atoms with Crippen LogP contribution in [-0.2, 0) is 23.8 Å². The zero-order chi connectivity index (χ0) is 15.8. The average molecular weight is 289 g/mol. The van der Waals surface area contributed by atoms with Gasteiger partial charge in [-0.2, -0.15) is 0 Å². The van der Waals surface area contributed by atoms with Crippen molar-refractivity contribution in [3.8, 4) is 0 Å². The van der Waals surface area contributed by atoms with Gasteiger partial charge in [-0.25, -0.2) is 9.59 Å². The topological polar surface area (TPSA) is 90.9 Å². The van der Waals surface area contributed by atoms with Crippen molar-refractivity contribution in [2.45, 2.75) is 52.7 Å². The molecule has 1 atom stereocenters. The Morgan fingerprint density at radius 1 is 1.05 bits per heavy atom. The number of hydrogen-bond donors (Lipinski definition) is 1. The molecule has 0 spiro atoms. The summed E-state index contributed by atoms with van der Waals surface area (Å²) in [5.41, 5.74) is -0.701. The maximum atomic E-state index is 11.7. The maximum absolute atomic E-state index is 11.7. The van der Waals surface area contributed by atoms with Gasteiger partial charge in [-0.1, -0.05) is 0 Å². The van der Waals surface area contributed by atoms with Gasteiger partial charge in [-0.05, 0) is 34.6 Å². The van der Waals surface area contributed by atoms with Crippen LogP contribution < -0.4 is 5.32 Å². The molecular weight excluding hydrogens is 266 g/mol. The number of amides is 1. The number of nitrogens with one attached hydrogen (secondary N) is 1. The van der Waals surface area contributed by atoms with Crippen molar-refractivity contribution in [1.29, 1.82) is 0 Å². The average Bonchev–Trinajstić information content (AvgIpc) is 2.26. The van der Waals surface area contributed by atoms with Crippen molar-refractivity contribution in [3.05, 3.63) is 0 Å². The SMILES string of the molecule is CCOC(=O)C[C@H](NC(=O)OC(C)(C)C)C(=O)OCC. The van der Waals surface area contributed by atoms with Gasteiger partial charge in [-0.3, -0.25) is 4.79 Å². The fourth-order valence-electron chi connectivity index (χ4n) is 1.27. The number of ether oxygens (including phenoxy) is 3. The van der Waals surface area contributed by atoms with E-state index in [9.17, 15) is 14.4 Å². The number of carbonyl (C=O) groups is 3. The number of hydrogen-bond acceptors (Lipinski definition) is 6. The standard InChI is InChI=1S/C13H23NO6/c1-6-18-10(15)8-9(11(16)19-7-2)14-12(17)20-13(3,4)5/h9H,6-8H2,1-5H3,(H,14,17)/t9-/m0/s1. The Kier molecular flexibility index (Phi) is 7.64. The monoisotopic (exact) mass is 289 g/mol. The Morgan fingerprint density at radius 3 is 2.05 bits per heavy atom. The normalized spacial score (nSPS) is 12.2. The lowest BCUT2D eigenvalue weighted by Gasteiger charge is -2.22. The number of esters is 2. The van der Waals surface area contributed by atoms with Crippen molar-refractivity contribution < 1.29 is 28.6 Å². The Labute approximate surface area is 118 Å². The van der Waals surface area contributed by atoms with E-state index in [1.54, 1.807) is 34.6 Å². The summed E-state index contributed by atoms with van der Waals surface area (Å²) >= 11 is 0. The largest absolute Gasteiger partial charge is 0.466 e. The molecule has 0 rings (SSSR count). The molecule has 0 saturated carbocycles. The predicted octanol–water partition coefficient (Wildman–Crippen LogP) is 1.40. The van der Waals surface area contributed by atoms with Gasteiger partial charge in [0.05, 0.1) is 19.6 Å². The van der Waals surface area contributed by atoms with E-state index in [4.69, 9.17) is 14.2 Å². The molecule has 0 heterocycles. The zero-order valence-electron chi connectivity index (χ0n) is 12.6. The molecule has 0 aromatic heterocycles. The summed E-state index contributed by atoms with van der Waals surface area (Å²) in [5.74, 6) is -1.30. The van der Waals surface area contributed by atoms with E-state index >= 15 is 0 Å². The lowest BCUT2D eigenvalue weighted by atomic mass is 10.2. The van der Waals surface area contributed by atoms with Gasteiger partial charge in [0.1, 0.15) is 11.6 Å². The summed E-state index contributed by atoms with van der Waals surface area (Å²) in [6, 6.07) is -1.12. The van der Waals surface area contributed by atoms with Gasteiger partial charge >= 0.3 is 18.0 Å². The highest BCUT2D eigenvalue weighted by molar-refractivity contribution is 5.86. The smallest absolute Gasteiger partial charge is 0.408 e. The van der Waals surface area contributed by atoms with Gasteiger partial charge in [0.25, 0.3) is 0 Å². The summed E-state index contributed by atoms with van der Waals surface area (Å²) in [5, 5.41) is 2.31. The fourth-order valence-corrected chi connectivity index (χ4v) is 1.27. The van der Waals surface area contributed by atoms with E-state index in [2.05, 4.69) is 5.32 Å². The third kappa shape index (κ3) is 8.34. The molecule has 0 aliphatic rings. The first-order chi connectivity index (χ1) is 9.19. The zero-order valence-corrected chi connectivity index (χ0v) is 12.6. The molecule has 0 aromatic carbocycles. The third-order valence-electron chi connectivity index (χ3n) is 1.94. The van der Waals surface area contributed by atoms with Gasteiger partial charge < -0.3 is 19.5 Å². The van der Waals surface area contributed by atoms with Crippen LogP contribution in [0, 0.1) is 0 Å². The third-order valence-corrected chi connectivity index (χ3v) is 1.94. The van der Waals surface area contributed by atoms with E-state index in [1.807, 2.05) is 0 Å². The molecule has 0 aromatic rings. The number of alkyl carbamates (subject to hydrolysis) is 1. The van der Waals surface area contributed by atoms with Crippen LogP contribution in [0.5, 0.6) is 0 Å². The maximum Gasteiger partial charge on any atom is 0.408 e. The minimum absolute atomic E-state index is 0.147. The first-order valence-corrected chi connectivity index (χ1v) is 6.51. The van der Waals surface area contributed by atoms with Crippen molar-refractivity contribution >= 4 is 18.0 Å². The molecule has 7 nitrogen and oxygen atoms in total. The molecule has 7 heteroatoms. The summed E-state index contributed by atoms with van der Waals surface area (Å²) in [6.07, 6.45) is -1.09. The number of rotatable bonds is 6. The molecule has 0 aliphatic heterocycles. The summed E-state index contributed by atoms with van der Waals surface area (Å²) in [4.78, 5) is 34.7. The van der Waals surface area contributed by atoms with Crippen LogP contribution in [0.25, 0.3) is 0 Å². The first-order valence-electron chi connectivity index (χ1n) is 6.51. The van der Waals surface area contributed by atoms with E-state index in [1.165, 1.54) is 0 Å². The molecule has 0 unspecified atom stereocenters. The van der Waals surface area contributed by atoms with Crippen molar-refractivity contribution in [3.63, 3.8) is 0 Å². The van der Waals surface area contributed by atoms with Crippen LogP contribution in [0.4, 0.5) is 4.79 Å². The summed E-state index contributed by atoms with van der Waals surface area (Å²) < 4.78 is 14.6. The second kappa shape index (κ2) is 8.39. The molecule has 1 N–H and O–H groups in total. The number of carbonyl (C=O) groups excluding carboxylic acids is 3. The predicted molar refractivity (Wildman–Crippen MR) is 71.0 cm³/mol. The van der Waals surface area contributed by atoms with Gasteiger partial charge in [0.15, 0.2) is 0 Å². The van der Waals surface area contributed by atoms with Crippen LogP contribution >= 0.6 is 0 Å². The second-order valence-corrected chi connectivity index (χ2v) is 4.96. The van der Waals surface area contributed by atoms with E-state index < -0.39 is 29.7 Å². The Balaban J connectivity index is 4.64. The molecule has 20 heavy (non-hydrogen) atoms. The highest BCUT2D eigenvalue weighted by Crippen LogP contribution is 2.08. The molecule has 116 valence electrons. The summed E-state index contributed by atoms with van der Waals surface area (Å²) in [7, 11) is 0. The quantitative estimate of drug-likeness (QED) is 0.587. The van der Waals surface area contributed by atoms with Crippen LogP contribution in [0.3, 0.4) is 0 Å². The molecular formula is C13H23NO6. The van der Waals surface area contributed by atoms with E-state index in [0.717, 1.165) is 0 Å². The first kappa shape index (κ1) is 18.2. The van der Waals surface area contributed by atoms with Gasteiger partial charge in [-0.15, -0.1) is 0 Å². The highest BCUT2D eigenvalue weighted by Gasteiger charge is 2.28. The molecule has 0 bridgehead atoms. The lowest BCUT2D eigenvalue weighted by Crippen LogP contribution is -2.45. The fraction of sp³-hybridized carbons (Fsp3) is 0.769. The van der Waals surface area contributed by atoms with E-state index in [0.29, 0.717) is 0 Å². The second-order valence-electron chi connectivity index (χ2n) is 4.96. The Morgan fingerprint density at radius 2 is 1.60 bits per heavy atom. The highest BCUT2D eigenvalue weighted by atomic mass is 16.6. The Hall–Kier alpha value is -1.79. The minimum Gasteiger partial charge on any atom is -0.466 e. The molecule has 0 radical (unpaired) electrons. The molecule has 0 fully saturated rings. The van der Waals surface area contributed by atoms with Crippen molar-refractivity contribution in [1.82, 2.24) is 5.32 Å². The van der Waals surface area contributed by atoms with Crippen molar-refractivity contribution in [2.24, 2.45) is 0 Å². The Bertz CT molecular complexity index is 347. The van der Waals surface area contributed by atoms with Crippen LogP contribution in [0.15, 0.2) is 0 Å². The van der Waals surface area contributed by atoms with Crippen LogP contribution in [-0.4, -0.2) is 42.9 Å². The van der Waals surface area contributed by atoms with Gasteiger partial charge in [0, 0.05) is 0 Å². The lowest BCUT2D eigenvalue weighted by molar-refractivity contribution is -0.152. The summed E-state index contributed by atoms with van der Waals surface area (Å²) in [6.45, 7) is 8.70. The van der Waals surface area contributed by atoms with E-state index in [-0.39, 0.29) is 19.6 Å². The van der Waals surface area contributed by atoms with Gasteiger partial charge in [0.2, 0.25) is 0 Å². The molecule has 0 saturated heterocycles. The minimum atomic E-state index is -1.12. The molecule has 1 amide bonds.